The minimum atomic E-state index is 0.252. The Bertz CT molecular complexity index is 973. The summed E-state index contributed by atoms with van der Waals surface area (Å²) in [5.74, 6) is 1.32. The predicted octanol–water partition coefficient (Wildman–Crippen LogP) is 7.33. The third-order valence-corrected chi connectivity index (χ3v) is 5.87. The Kier molecular flexibility index (Phi) is 8.46. The van der Waals surface area contributed by atoms with Gasteiger partial charge in [0.15, 0.2) is 11.5 Å². The molecule has 0 fully saturated rings. The Morgan fingerprint density at radius 1 is 0.900 bits per heavy atom. The summed E-state index contributed by atoms with van der Waals surface area (Å²) < 4.78 is 12.7. The van der Waals surface area contributed by atoms with E-state index in [1.807, 2.05) is 25.1 Å². The highest BCUT2D eigenvalue weighted by atomic mass is 79.9. The van der Waals surface area contributed by atoms with Gasteiger partial charge in [0.05, 0.1) is 11.1 Å². The van der Waals surface area contributed by atoms with Gasteiger partial charge in [-0.25, -0.2) is 0 Å². The molecule has 3 rings (SSSR count). The molecule has 158 valence electrons. The molecule has 3 nitrogen and oxygen atoms in total. The van der Waals surface area contributed by atoms with Gasteiger partial charge in [-0.3, -0.25) is 0 Å². The number of rotatable bonds is 9. The first-order valence-corrected chi connectivity index (χ1v) is 11.3. The van der Waals surface area contributed by atoms with Crippen LogP contribution in [-0.2, 0) is 19.7 Å². The molecule has 0 aliphatic heterocycles. The Labute approximate surface area is 196 Å². The highest BCUT2D eigenvalue weighted by Gasteiger charge is 2.14. The van der Waals surface area contributed by atoms with Gasteiger partial charge in [0, 0.05) is 28.7 Å². The number of halogens is 3. The van der Waals surface area contributed by atoms with Crippen molar-refractivity contribution in [3.8, 4) is 11.5 Å². The van der Waals surface area contributed by atoms with Gasteiger partial charge in [-0.2, -0.15) is 0 Å². The van der Waals surface area contributed by atoms with Crippen molar-refractivity contribution in [1.29, 1.82) is 0 Å². The molecule has 0 amide bonds. The summed E-state index contributed by atoms with van der Waals surface area (Å²) in [6, 6.07) is 18.0. The normalized spacial score (nSPS) is 10.8. The van der Waals surface area contributed by atoms with Crippen LogP contribution >= 0.6 is 39.1 Å². The topological polar surface area (TPSA) is 30.5 Å². The van der Waals surface area contributed by atoms with Crippen LogP contribution < -0.4 is 14.8 Å². The van der Waals surface area contributed by atoms with Crippen LogP contribution in [0.25, 0.3) is 0 Å². The molecule has 0 aliphatic carbocycles. The number of hydrogen-bond acceptors (Lipinski definition) is 3. The minimum Gasteiger partial charge on any atom is -0.490 e. The smallest absolute Gasteiger partial charge is 0.175 e. The fourth-order valence-corrected chi connectivity index (χ4v) is 4.11. The summed E-state index contributed by atoms with van der Waals surface area (Å²) >= 11 is 16.1. The first kappa shape index (κ1) is 23.0. The van der Waals surface area contributed by atoms with Crippen molar-refractivity contribution in [3.05, 3.63) is 91.4 Å². The first-order chi connectivity index (χ1) is 14.5. The van der Waals surface area contributed by atoms with Crippen LogP contribution in [0.5, 0.6) is 11.5 Å². The van der Waals surface area contributed by atoms with E-state index in [1.54, 1.807) is 12.1 Å². The van der Waals surface area contributed by atoms with Crippen LogP contribution in [0.15, 0.2) is 59.1 Å². The third kappa shape index (κ3) is 6.14. The average Bonchev–Trinajstić information content (AvgIpc) is 2.71. The van der Waals surface area contributed by atoms with Crippen molar-refractivity contribution in [2.45, 2.75) is 33.5 Å². The first-order valence-electron chi connectivity index (χ1n) is 9.75. The molecule has 6 heteroatoms. The van der Waals surface area contributed by atoms with Gasteiger partial charge in [0.1, 0.15) is 6.61 Å². The number of benzene rings is 3. The molecule has 0 heterocycles. The summed E-state index contributed by atoms with van der Waals surface area (Å²) in [6.07, 6.45) is 0. The van der Waals surface area contributed by atoms with Gasteiger partial charge in [-0.05, 0) is 65.2 Å². The number of aryl methyl sites for hydroxylation is 1. The van der Waals surface area contributed by atoms with Crippen LogP contribution in [0, 0.1) is 6.92 Å². The maximum Gasteiger partial charge on any atom is 0.175 e. The molecular formula is C24H24BrCl2NO2. The standard InChI is InChI=1S/C24H24BrCl2NO2/c1-3-29-23-12-18(14-28-13-17-9-7-16(2)8-10-17)11-20(25)24(23)30-15-19-21(26)5-4-6-22(19)27/h4-12,28H,3,13-15H2,1-2H3. The van der Waals surface area contributed by atoms with E-state index in [2.05, 4.69) is 52.4 Å². The van der Waals surface area contributed by atoms with Crippen LogP contribution in [0.2, 0.25) is 10.0 Å². The maximum atomic E-state index is 6.26. The zero-order chi connectivity index (χ0) is 21.5. The third-order valence-electron chi connectivity index (χ3n) is 4.57. The van der Waals surface area contributed by atoms with Crippen molar-refractivity contribution in [2.75, 3.05) is 6.61 Å². The molecule has 0 unspecified atom stereocenters. The fraction of sp³-hybridized carbons (Fsp3) is 0.250. The zero-order valence-corrected chi connectivity index (χ0v) is 20.1. The molecule has 1 N–H and O–H groups in total. The summed E-state index contributed by atoms with van der Waals surface area (Å²) in [5.41, 5.74) is 4.36. The van der Waals surface area contributed by atoms with Crippen LogP contribution in [0.3, 0.4) is 0 Å². The summed E-state index contributed by atoms with van der Waals surface area (Å²) in [4.78, 5) is 0. The molecule has 0 radical (unpaired) electrons. The van der Waals surface area contributed by atoms with Gasteiger partial charge in [0.25, 0.3) is 0 Å². The molecular weight excluding hydrogens is 485 g/mol. The van der Waals surface area contributed by atoms with Crippen molar-refractivity contribution in [3.63, 3.8) is 0 Å². The number of ether oxygens (including phenoxy) is 2. The quantitative estimate of drug-likeness (QED) is 0.328. The Morgan fingerprint density at radius 2 is 1.57 bits per heavy atom. The lowest BCUT2D eigenvalue weighted by Gasteiger charge is -2.17. The van der Waals surface area contributed by atoms with E-state index in [-0.39, 0.29) is 6.61 Å². The predicted molar refractivity (Wildman–Crippen MR) is 128 cm³/mol. The number of hydrogen-bond donors (Lipinski definition) is 1. The Morgan fingerprint density at radius 3 is 2.23 bits per heavy atom. The molecule has 0 aromatic heterocycles. The lowest BCUT2D eigenvalue weighted by molar-refractivity contribution is 0.267. The molecule has 0 spiro atoms. The van der Waals surface area contributed by atoms with Gasteiger partial charge in [0.2, 0.25) is 0 Å². The van der Waals surface area contributed by atoms with Crippen LogP contribution in [-0.4, -0.2) is 6.61 Å². The van der Waals surface area contributed by atoms with E-state index in [0.717, 1.165) is 22.1 Å². The van der Waals surface area contributed by atoms with Gasteiger partial charge in [-0.1, -0.05) is 59.1 Å². The summed E-state index contributed by atoms with van der Waals surface area (Å²) in [7, 11) is 0. The van der Waals surface area contributed by atoms with E-state index >= 15 is 0 Å². The van der Waals surface area contributed by atoms with E-state index in [4.69, 9.17) is 32.7 Å². The molecule has 0 atom stereocenters. The SMILES string of the molecule is CCOc1cc(CNCc2ccc(C)cc2)cc(Br)c1OCc1c(Cl)cccc1Cl. The zero-order valence-electron chi connectivity index (χ0n) is 17.0. The van der Waals surface area contributed by atoms with E-state index < -0.39 is 0 Å². The van der Waals surface area contributed by atoms with Crippen molar-refractivity contribution < 1.29 is 9.47 Å². The molecule has 3 aromatic rings. The molecule has 30 heavy (non-hydrogen) atoms. The molecule has 0 saturated heterocycles. The lowest BCUT2D eigenvalue weighted by atomic mass is 10.1. The molecule has 0 saturated carbocycles. The van der Waals surface area contributed by atoms with E-state index in [1.165, 1.54) is 11.1 Å². The van der Waals surface area contributed by atoms with Crippen molar-refractivity contribution >= 4 is 39.1 Å². The lowest BCUT2D eigenvalue weighted by Crippen LogP contribution is -2.13. The van der Waals surface area contributed by atoms with E-state index in [9.17, 15) is 0 Å². The van der Waals surface area contributed by atoms with Gasteiger partial charge >= 0.3 is 0 Å². The Balaban J connectivity index is 1.70. The minimum absolute atomic E-state index is 0.252. The largest absolute Gasteiger partial charge is 0.490 e. The second kappa shape index (κ2) is 11.1. The fourth-order valence-electron chi connectivity index (χ4n) is 3.00. The number of nitrogens with one attached hydrogen (secondary N) is 1. The Hall–Kier alpha value is -1.72. The summed E-state index contributed by atoms with van der Waals surface area (Å²) in [6.45, 7) is 6.34. The second-order valence-corrected chi connectivity index (χ2v) is 8.58. The van der Waals surface area contributed by atoms with Crippen LogP contribution in [0.1, 0.15) is 29.2 Å². The molecule has 0 bridgehead atoms. The van der Waals surface area contributed by atoms with E-state index in [0.29, 0.717) is 34.7 Å². The van der Waals surface area contributed by atoms with Crippen molar-refractivity contribution in [1.82, 2.24) is 5.32 Å². The highest BCUT2D eigenvalue weighted by molar-refractivity contribution is 9.10. The summed E-state index contributed by atoms with van der Waals surface area (Å²) in [5, 5.41) is 4.63. The monoisotopic (exact) mass is 507 g/mol. The molecule has 0 aliphatic rings. The van der Waals surface area contributed by atoms with Crippen LogP contribution in [0.4, 0.5) is 0 Å². The average molecular weight is 509 g/mol. The highest BCUT2D eigenvalue weighted by Crippen LogP contribution is 2.38. The maximum absolute atomic E-state index is 6.26. The van der Waals surface area contributed by atoms with Gasteiger partial charge in [-0.15, -0.1) is 0 Å². The molecule has 3 aromatic carbocycles. The second-order valence-electron chi connectivity index (χ2n) is 6.92. The van der Waals surface area contributed by atoms with Crippen molar-refractivity contribution in [2.24, 2.45) is 0 Å². The van der Waals surface area contributed by atoms with Gasteiger partial charge < -0.3 is 14.8 Å².